The van der Waals surface area contributed by atoms with Crippen LogP contribution in [0.5, 0.6) is 11.5 Å². The van der Waals surface area contributed by atoms with Gasteiger partial charge < -0.3 is 9.47 Å². The Morgan fingerprint density at radius 2 is 1.71 bits per heavy atom. The molecule has 124 valence electrons. The molecule has 0 radical (unpaired) electrons. The fraction of sp³-hybridized carbons (Fsp3) is 0.222. The van der Waals surface area contributed by atoms with Crippen molar-refractivity contribution < 1.29 is 9.47 Å². The van der Waals surface area contributed by atoms with Gasteiger partial charge in [-0.1, -0.05) is 5.21 Å². The van der Waals surface area contributed by atoms with Crippen LogP contribution in [0.3, 0.4) is 0 Å². The number of hydrogen-bond donors (Lipinski definition) is 2. The Balaban J connectivity index is 2.12. The second kappa shape index (κ2) is 6.57. The number of rotatable bonds is 4. The van der Waals surface area contributed by atoms with E-state index in [2.05, 4.69) is 41.0 Å². The number of nitrogens with one attached hydrogen (secondary N) is 1. The van der Waals surface area contributed by atoms with Crippen LogP contribution in [-0.4, -0.2) is 29.6 Å². The predicted molar refractivity (Wildman–Crippen MR) is 97.1 cm³/mol. The van der Waals surface area contributed by atoms with Crippen LogP contribution in [0.25, 0.3) is 22.5 Å². The van der Waals surface area contributed by atoms with Crippen molar-refractivity contribution in [3.05, 3.63) is 41.5 Å². The summed E-state index contributed by atoms with van der Waals surface area (Å²) in [5.41, 5.74) is 5.76. The molecule has 1 heterocycles. The summed E-state index contributed by atoms with van der Waals surface area (Å²) in [7, 11) is 3.30. The lowest BCUT2D eigenvalue weighted by atomic mass is 10.00. The van der Waals surface area contributed by atoms with Crippen LogP contribution in [0.2, 0.25) is 0 Å². The lowest BCUT2D eigenvalue weighted by Gasteiger charge is -2.11. The summed E-state index contributed by atoms with van der Waals surface area (Å²) in [6.07, 6.45) is 0. The Labute approximate surface area is 146 Å². The molecule has 0 spiro atoms. The number of hydrogen-bond acceptors (Lipinski definition) is 5. The smallest absolute Gasteiger partial charge is 0.132 e. The summed E-state index contributed by atoms with van der Waals surface area (Å²) in [6, 6.07) is 9.83. The first kappa shape index (κ1) is 16.4. The number of methoxy groups -OCH3 is 2. The molecule has 0 unspecified atom stereocenters. The highest BCUT2D eigenvalue weighted by molar-refractivity contribution is 7.80. The van der Waals surface area contributed by atoms with E-state index < -0.39 is 0 Å². The SMILES string of the molecule is COc1ccc(-c2[nH]nnc2-c2cc(C)c(C)c(OC)c2)cc1S. The summed E-state index contributed by atoms with van der Waals surface area (Å²) >= 11 is 4.46. The van der Waals surface area contributed by atoms with E-state index in [1.165, 1.54) is 0 Å². The average Bonchev–Trinajstić information content (AvgIpc) is 3.06. The number of aryl methyl sites for hydroxylation is 1. The molecule has 0 atom stereocenters. The minimum Gasteiger partial charge on any atom is -0.496 e. The molecule has 0 aliphatic carbocycles. The molecule has 1 N–H and O–H groups in total. The van der Waals surface area contributed by atoms with Crippen molar-refractivity contribution in [2.75, 3.05) is 14.2 Å². The summed E-state index contributed by atoms with van der Waals surface area (Å²) in [5.74, 6) is 1.56. The third-order valence-electron chi connectivity index (χ3n) is 4.13. The fourth-order valence-electron chi connectivity index (χ4n) is 2.65. The average molecular weight is 341 g/mol. The number of thiol groups is 1. The lowest BCUT2D eigenvalue weighted by Crippen LogP contribution is -1.93. The summed E-state index contributed by atoms with van der Waals surface area (Å²) in [4.78, 5) is 0.758. The zero-order valence-corrected chi connectivity index (χ0v) is 14.9. The molecule has 0 aliphatic heterocycles. The maximum atomic E-state index is 5.47. The summed E-state index contributed by atoms with van der Waals surface area (Å²) in [5, 5.41) is 11.2. The van der Waals surface area contributed by atoms with Crippen LogP contribution in [0.4, 0.5) is 0 Å². The second-order valence-electron chi connectivity index (χ2n) is 5.54. The normalized spacial score (nSPS) is 10.7. The molecular formula is C18H19N3O2S. The predicted octanol–water partition coefficient (Wildman–Crippen LogP) is 4.06. The highest BCUT2D eigenvalue weighted by Crippen LogP contribution is 2.35. The highest BCUT2D eigenvalue weighted by atomic mass is 32.1. The van der Waals surface area contributed by atoms with Gasteiger partial charge in [-0.2, -0.15) is 0 Å². The van der Waals surface area contributed by atoms with Gasteiger partial charge in [-0.3, -0.25) is 5.10 Å². The van der Waals surface area contributed by atoms with Crippen LogP contribution < -0.4 is 9.47 Å². The third-order valence-corrected chi connectivity index (χ3v) is 4.48. The van der Waals surface area contributed by atoms with Crippen LogP contribution >= 0.6 is 12.6 Å². The molecule has 5 nitrogen and oxygen atoms in total. The second-order valence-corrected chi connectivity index (χ2v) is 6.02. The number of nitrogens with zero attached hydrogens (tertiary/aromatic N) is 2. The molecule has 24 heavy (non-hydrogen) atoms. The van der Waals surface area contributed by atoms with E-state index in [0.717, 1.165) is 50.0 Å². The number of aromatic amines is 1. The number of ether oxygens (including phenoxy) is 2. The first-order chi connectivity index (χ1) is 11.5. The third kappa shape index (κ3) is 2.85. The molecule has 0 saturated carbocycles. The van der Waals surface area contributed by atoms with E-state index in [9.17, 15) is 0 Å². The van der Waals surface area contributed by atoms with Gasteiger partial charge in [-0.15, -0.1) is 17.7 Å². The topological polar surface area (TPSA) is 60.0 Å². The van der Waals surface area contributed by atoms with E-state index >= 15 is 0 Å². The van der Waals surface area contributed by atoms with Crippen molar-refractivity contribution in [1.82, 2.24) is 15.4 Å². The molecule has 1 aromatic heterocycles. The van der Waals surface area contributed by atoms with Gasteiger partial charge in [0.15, 0.2) is 0 Å². The molecule has 0 saturated heterocycles. The Morgan fingerprint density at radius 1 is 0.958 bits per heavy atom. The van der Waals surface area contributed by atoms with E-state index in [1.807, 2.05) is 31.2 Å². The maximum absolute atomic E-state index is 5.47. The van der Waals surface area contributed by atoms with Crippen LogP contribution in [-0.2, 0) is 0 Å². The highest BCUT2D eigenvalue weighted by Gasteiger charge is 2.15. The van der Waals surface area contributed by atoms with Gasteiger partial charge in [0.05, 0.1) is 19.9 Å². The van der Waals surface area contributed by atoms with Crippen LogP contribution in [0.15, 0.2) is 35.2 Å². The van der Waals surface area contributed by atoms with E-state index in [1.54, 1.807) is 14.2 Å². The quantitative estimate of drug-likeness (QED) is 0.703. The van der Waals surface area contributed by atoms with Gasteiger partial charge in [-0.05, 0) is 55.3 Å². The minimum absolute atomic E-state index is 0.726. The summed E-state index contributed by atoms with van der Waals surface area (Å²) < 4.78 is 10.7. The zero-order valence-electron chi connectivity index (χ0n) is 14.0. The van der Waals surface area contributed by atoms with E-state index in [4.69, 9.17) is 9.47 Å². The molecule has 3 rings (SSSR count). The number of benzene rings is 2. The van der Waals surface area contributed by atoms with Crippen molar-refractivity contribution in [3.63, 3.8) is 0 Å². The van der Waals surface area contributed by atoms with Crippen molar-refractivity contribution in [2.24, 2.45) is 0 Å². The van der Waals surface area contributed by atoms with Crippen LogP contribution in [0.1, 0.15) is 11.1 Å². The van der Waals surface area contributed by atoms with E-state index in [-0.39, 0.29) is 0 Å². The molecule has 0 bridgehead atoms. The van der Waals surface area contributed by atoms with Crippen molar-refractivity contribution in [3.8, 4) is 34.0 Å². The van der Waals surface area contributed by atoms with Gasteiger partial charge in [-0.25, -0.2) is 0 Å². The minimum atomic E-state index is 0.726. The summed E-state index contributed by atoms with van der Waals surface area (Å²) in [6.45, 7) is 4.10. The maximum Gasteiger partial charge on any atom is 0.132 e. The van der Waals surface area contributed by atoms with Gasteiger partial charge in [0, 0.05) is 16.0 Å². The Hall–Kier alpha value is -2.47. The van der Waals surface area contributed by atoms with Crippen molar-refractivity contribution >= 4 is 12.6 Å². The largest absolute Gasteiger partial charge is 0.496 e. The Kier molecular flexibility index (Phi) is 4.49. The first-order valence-electron chi connectivity index (χ1n) is 7.49. The molecule has 3 aromatic rings. The number of aromatic nitrogens is 3. The monoisotopic (exact) mass is 341 g/mol. The van der Waals surface area contributed by atoms with Crippen molar-refractivity contribution in [1.29, 1.82) is 0 Å². The standard InChI is InChI=1S/C18H19N3O2S/c1-10-7-13(8-15(23-4)11(10)2)18-17(19-21-20-18)12-5-6-14(22-3)16(24)9-12/h5-9,24H,1-4H3,(H,19,20,21). The first-order valence-corrected chi connectivity index (χ1v) is 7.94. The molecule has 0 aliphatic rings. The van der Waals surface area contributed by atoms with Crippen LogP contribution in [0, 0.1) is 13.8 Å². The van der Waals surface area contributed by atoms with Gasteiger partial charge in [0.1, 0.15) is 17.2 Å². The molecular weight excluding hydrogens is 322 g/mol. The Bertz CT molecular complexity index is 890. The van der Waals surface area contributed by atoms with Gasteiger partial charge >= 0.3 is 0 Å². The van der Waals surface area contributed by atoms with E-state index in [0.29, 0.717) is 0 Å². The van der Waals surface area contributed by atoms with Crippen molar-refractivity contribution in [2.45, 2.75) is 18.7 Å². The number of H-pyrrole nitrogens is 1. The lowest BCUT2D eigenvalue weighted by molar-refractivity contribution is 0.405. The zero-order chi connectivity index (χ0) is 17.3. The Morgan fingerprint density at radius 3 is 2.38 bits per heavy atom. The van der Waals surface area contributed by atoms with Gasteiger partial charge in [0.25, 0.3) is 0 Å². The molecule has 6 heteroatoms. The molecule has 0 fully saturated rings. The fourth-order valence-corrected chi connectivity index (χ4v) is 2.96. The molecule has 0 amide bonds. The molecule has 2 aromatic carbocycles. The van der Waals surface area contributed by atoms with Gasteiger partial charge in [0.2, 0.25) is 0 Å².